The molecule has 2 aromatic carbocycles. The second kappa shape index (κ2) is 7.98. The molecule has 5 nitrogen and oxygen atoms in total. The zero-order valence-electron chi connectivity index (χ0n) is 12.8. The zero-order valence-corrected chi connectivity index (χ0v) is 12.8. The van der Waals surface area contributed by atoms with Crippen LogP contribution in [0.5, 0.6) is 11.5 Å². The maximum absolute atomic E-state index is 12.3. The highest BCUT2D eigenvalue weighted by Gasteiger charge is 2.15. The molecular weight excluding hydrogens is 296 g/mol. The molecule has 0 aromatic heterocycles. The van der Waals surface area contributed by atoms with Crippen molar-refractivity contribution >= 4 is 11.9 Å². The van der Waals surface area contributed by atoms with Crippen LogP contribution in [0.1, 0.15) is 40.5 Å². The lowest BCUT2D eigenvalue weighted by Crippen LogP contribution is -2.11. The van der Waals surface area contributed by atoms with Crippen LogP contribution in [0.2, 0.25) is 0 Å². The molecule has 23 heavy (non-hydrogen) atoms. The Morgan fingerprint density at radius 2 is 1.87 bits per heavy atom. The Morgan fingerprint density at radius 3 is 2.61 bits per heavy atom. The fraction of sp³-hybridized carbons (Fsp3) is 0.222. The molecule has 0 spiro atoms. The minimum atomic E-state index is -1.08. The molecule has 0 aliphatic heterocycles. The molecule has 0 unspecified atom stereocenters. The van der Waals surface area contributed by atoms with E-state index < -0.39 is 11.9 Å². The summed E-state index contributed by atoms with van der Waals surface area (Å²) in [6.07, 6.45) is 1.89. The Bertz CT molecular complexity index is 693. The van der Waals surface area contributed by atoms with Crippen LogP contribution in [-0.2, 0) is 0 Å². The quantitative estimate of drug-likeness (QED) is 0.478. The number of hydrogen-bond acceptors (Lipinski definition) is 4. The van der Waals surface area contributed by atoms with E-state index in [0.29, 0.717) is 17.9 Å². The average molecular weight is 314 g/mol. The number of carbonyl (C=O) groups is 2. The molecule has 2 rings (SSSR count). The summed E-state index contributed by atoms with van der Waals surface area (Å²) in [6, 6.07) is 12.6. The van der Waals surface area contributed by atoms with E-state index in [-0.39, 0.29) is 11.3 Å². The maximum Gasteiger partial charge on any atom is 0.347 e. The highest BCUT2D eigenvalue weighted by Crippen LogP contribution is 2.21. The molecule has 5 heteroatoms. The van der Waals surface area contributed by atoms with E-state index in [0.717, 1.165) is 12.8 Å². The van der Waals surface area contributed by atoms with E-state index in [1.165, 1.54) is 24.3 Å². The Morgan fingerprint density at radius 1 is 1.09 bits per heavy atom. The van der Waals surface area contributed by atoms with E-state index in [2.05, 4.69) is 6.92 Å². The van der Waals surface area contributed by atoms with Crippen molar-refractivity contribution in [3.8, 4) is 11.5 Å². The summed E-state index contributed by atoms with van der Waals surface area (Å²) in [7, 11) is 0. The second-order valence-corrected chi connectivity index (χ2v) is 4.92. The lowest BCUT2D eigenvalue weighted by molar-refractivity contribution is 0.0686. The highest BCUT2D eigenvalue weighted by molar-refractivity contribution is 5.94. The number of esters is 1. The van der Waals surface area contributed by atoms with Crippen molar-refractivity contribution in [3.63, 3.8) is 0 Å². The van der Waals surface area contributed by atoms with Gasteiger partial charge in [0.25, 0.3) is 0 Å². The predicted molar refractivity (Wildman–Crippen MR) is 85.2 cm³/mol. The van der Waals surface area contributed by atoms with Gasteiger partial charge in [0.05, 0.1) is 12.2 Å². The van der Waals surface area contributed by atoms with Crippen LogP contribution in [0, 0.1) is 0 Å². The van der Waals surface area contributed by atoms with Crippen LogP contribution in [0.3, 0.4) is 0 Å². The third-order valence-corrected chi connectivity index (χ3v) is 3.15. The van der Waals surface area contributed by atoms with E-state index in [9.17, 15) is 9.59 Å². The van der Waals surface area contributed by atoms with Crippen LogP contribution in [0.15, 0.2) is 48.5 Å². The number of ether oxygens (including phenoxy) is 2. The van der Waals surface area contributed by atoms with E-state index in [1.54, 1.807) is 24.3 Å². The summed E-state index contributed by atoms with van der Waals surface area (Å²) >= 11 is 0. The second-order valence-electron chi connectivity index (χ2n) is 4.92. The van der Waals surface area contributed by atoms with Crippen LogP contribution < -0.4 is 9.47 Å². The summed E-state index contributed by atoms with van der Waals surface area (Å²) in [5, 5.41) is 8.96. The summed E-state index contributed by atoms with van der Waals surface area (Å²) in [5.74, 6) is -1.02. The lowest BCUT2D eigenvalue weighted by atomic mass is 10.2. The summed E-state index contributed by atoms with van der Waals surface area (Å²) in [4.78, 5) is 23.2. The van der Waals surface area contributed by atoms with Crippen LogP contribution in [-0.4, -0.2) is 23.7 Å². The van der Waals surface area contributed by atoms with Gasteiger partial charge in [-0.2, -0.15) is 0 Å². The topological polar surface area (TPSA) is 72.8 Å². The molecular formula is C18H18O5. The number of carboxylic acids is 1. The summed E-state index contributed by atoms with van der Waals surface area (Å²) in [6.45, 7) is 2.58. The van der Waals surface area contributed by atoms with E-state index >= 15 is 0 Å². The summed E-state index contributed by atoms with van der Waals surface area (Å²) in [5.41, 5.74) is 0.368. The fourth-order valence-corrected chi connectivity index (χ4v) is 1.94. The van der Waals surface area contributed by atoms with Gasteiger partial charge in [-0.3, -0.25) is 0 Å². The van der Waals surface area contributed by atoms with Gasteiger partial charge >= 0.3 is 11.9 Å². The van der Waals surface area contributed by atoms with Gasteiger partial charge in [-0.15, -0.1) is 0 Å². The first kappa shape index (κ1) is 16.5. The number of unbranched alkanes of at least 4 members (excludes halogenated alkanes) is 1. The first-order chi connectivity index (χ1) is 11.1. The van der Waals surface area contributed by atoms with Crippen molar-refractivity contribution in [2.75, 3.05) is 6.61 Å². The molecule has 0 aliphatic rings. The SMILES string of the molecule is CCCCOc1ccccc1C(=O)Oc1cccc(C(=O)O)c1. The number of benzene rings is 2. The van der Waals surface area contributed by atoms with Crippen molar-refractivity contribution in [1.82, 2.24) is 0 Å². The maximum atomic E-state index is 12.3. The van der Waals surface area contributed by atoms with Gasteiger partial charge < -0.3 is 14.6 Å². The molecule has 120 valence electrons. The first-order valence-electron chi connectivity index (χ1n) is 7.39. The number of aromatic carboxylic acids is 1. The molecule has 1 N–H and O–H groups in total. The van der Waals surface area contributed by atoms with E-state index in [1.807, 2.05) is 0 Å². The van der Waals surface area contributed by atoms with Crippen LogP contribution in [0.25, 0.3) is 0 Å². The van der Waals surface area contributed by atoms with Crippen LogP contribution in [0.4, 0.5) is 0 Å². The standard InChI is InChI=1S/C18H18O5/c1-2-3-11-22-16-10-5-4-9-15(16)18(21)23-14-8-6-7-13(12-14)17(19)20/h4-10,12H,2-3,11H2,1H3,(H,19,20). The Labute approximate surface area is 134 Å². The van der Waals surface area contributed by atoms with Crippen molar-refractivity contribution in [2.24, 2.45) is 0 Å². The Kier molecular flexibility index (Phi) is 5.74. The van der Waals surface area contributed by atoms with Gasteiger partial charge in [-0.05, 0) is 36.8 Å². The fourth-order valence-electron chi connectivity index (χ4n) is 1.94. The van der Waals surface area contributed by atoms with Crippen molar-refractivity contribution in [3.05, 3.63) is 59.7 Å². The number of para-hydroxylation sites is 1. The number of hydrogen-bond donors (Lipinski definition) is 1. The smallest absolute Gasteiger partial charge is 0.347 e. The first-order valence-corrected chi connectivity index (χ1v) is 7.39. The van der Waals surface area contributed by atoms with E-state index in [4.69, 9.17) is 14.6 Å². The number of carbonyl (C=O) groups excluding carboxylic acids is 1. The van der Waals surface area contributed by atoms with Gasteiger partial charge in [-0.25, -0.2) is 9.59 Å². The van der Waals surface area contributed by atoms with Gasteiger partial charge in [-0.1, -0.05) is 31.5 Å². The van der Waals surface area contributed by atoms with Gasteiger partial charge in [0.1, 0.15) is 17.1 Å². The molecule has 0 saturated heterocycles. The highest BCUT2D eigenvalue weighted by atomic mass is 16.5. The van der Waals surface area contributed by atoms with Crippen molar-refractivity contribution < 1.29 is 24.2 Å². The molecule has 0 heterocycles. The van der Waals surface area contributed by atoms with Crippen molar-refractivity contribution in [1.29, 1.82) is 0 Å². The third-order valence-electron chi connectivity index (χ3n) is 3.15. The van der Waals surface area contributed by atoms with Crippen molar-refractivity contribution in [2.45, 2.75) is 19.8 Å². The number of rotatable bonds is 7. The monoisotopic (exact) mass is 314 g/mol. The molecule has 0 aliphatic carbocycles. The Balaban J connectivity index is 2.14. The average Bonchev–Trinajstić information content (AvgIpc) is 2.55. The third kappa shape index (κ3) is 4.57. The number of carboxylic acid groups (broad SMARTS) is 1. The minimum Gasteiger partial charge on any atom is -0.493 e. The molecule has 0 atom stereocenters. The molecule has 0 fully saturated rings. The lowest BCUT2D eigenvalue weighted by Gasteiger charge is -2.11. The summed E-state index contributed by atoms with van der Waals surface area (Å²) < 4.78 is 10.9. The van der Waals surface area contributed by atoms with Gasteiger partial charge in [0.2, 0.25) is 0 Å². The predicted octanol–water partition coefficient (Wildman–Crippen LogP) is 3.78. The molecule has 0 radical (unpaired) electrons. The van der Waals surface area contributed by atoms with Crippen LogP contribution >= 0.6 is 0 Å². The van der Waals surface area contributed by atoms with Gasteiger partial charge in [0, 0.05) is 0 Å². The molecule has 2 aromatic rings. The molecule has 0 saturated carbocycles. The minimum absolute atomic E-state index is 0.0581. The molecule has 0 bridgehead atoms. The zero-order chi connectivity index (χ0) is 16.7. The van der Waals surface area contributed by atoms with Gasteiger partial charge in [0.15, 0.2) is 0 Å². The normalized spacial score (nSPS) is 10.1. The molecule has 0 amide bonds. The Hall–Kier alpha value is -2.82. The largest absolute Gasteiger partial charge is 0.493 e.